The summed E-state index contributed by atoms with van der Waals surface area (Å²) in [6.45, 7) is 19.3. The van der Waals surface area contributed by atoms with Gasteiger partial charge >= 0.3 is 0 Å². The van der Waals surface area contributed by atoms with Crippen molar-refractivity contribution in [2.45, 2.75) is 75.7 Å². The summed E-state index contributed by atoms with van der Waals surface area (Å²) < 4.78 is 0. The van der Waals surface area contributed by atoms with Crippen molar-refractivity contribution in [1.82, 2.24) is 0 Å². The molecule has 0 aliphatic heterocycles. The minimum Gasteiger partial charge on any atom is -0.300 e. The van der Waals surface area contributed by atoms with E-state index in [1.54, 1.807) is 0 Å². The van der Waals surface area contributed by atoms with E-state index in [4.69, 9.17) is 0 Å². The quantitative estimate of drug-likeness (QED) is 0.522. The van der Waals surface area contributed by atoms with E-state index >= 15 is 0 Å². The van der Waals surface area contributed by atoms with Crippen LogP contribution in [0.1, 0.15) is 75.7 Å². The maximum Gasteiger partial charge on any atom is 0.126 e. The Balaban J connectivity index is -0.0000000215. The SMILES string of the molecule is CC.CC.CC.CC(C)=O.CCC. The van der Waals surface area contributed by atoms with Crippen LogP contribution in [0, 0.1) is 0 Å². The number of ketones is 1. The highest BCUT2D eigenvalue weighted by atomic mass is 16.1. The molecule has 0 saturated carbocycles. The first-order valence-electron chi connectivity index (χ1n) is 5.62. The first-order valence-corrected chi connectivity index (χ1v) is 5.62. The Morgan fingerprint density at radius 2 is 0.769 bits per heavy atom. The Bertz CT molecular complexity index is 36.4. The van der Waals surface area contributed by atoms with Crippen molar-refractivity contribution in [2.24, 2.45) is 0 Å². The van der Waals surface area contributed by atoms with E-state index in [1.807, 2.05) is 41.5 Å². The molecule has 1 nitrogen and oxygen atoms in total. The van der Waals surface area contributed by atoms with Crippen LogP contribution in [0.25, 0.3) is 0 Å². The molecule has 0 unspecified atom stereocenters. The lowest BCUT2D eigenvalue weighted by Crippen LogP contribution is -1.69. The van der Waals surface area contributed by atoms with Crippen molar-refractivity contribution < 1.29 is 4.79 Å². The third-order valence-electron chi connectivity index (χ3n) is 0. The zero-order chi connectivity index (χ0) is 12.3. The Morgan fingerprint density at radius 1 is 0.769 bits per heavy atom. The average Bonchev–Trinajstić information content (AvgIpc) is 2.14. The molecule has 0 aromatic heterocycles. The van der Waals surface area contributed by atoms with Crippen LogP contribution in [-0.2, 0) is 4.79 Å². The predicted octanol–water partition coefficient (Wildman–Crippen LogP) is 5.09. The van der Waals surface area contributed by atoms with Gasteiger partial charge in [0.15, 0.2) is 0 Å². The van der Waals surface area contributed by atoms with Crippen molar-refractivity contribution in [3.05, 3.63) is 0 Å². The monoisotopic (exact) mass is 192 g/mol. The molecule has 0 aromatic carbocycles. The van der Waals surface area contributed by atoms with E-state index in [0.29, 0.717) is 0 Å². The Morgan fingerprint density at radius 3 is 0.769 bits per heavy atom. The fraction of sp³-hybridized carbons (Fsp3) is 0.917. The summed E-state index contributed by atoms with van der Waals surface area (Å²) in [4.78, 5) is 9.44. The molecule has 0 spiro atoms. The summed E-state index contributed by atoms with van der Waals surface area (Å²) in [5.74, 6) is 0.167. The van der Waals surface area contributed by atoms with Gasteiger partial charge in [0.25, 0.3) is 0 Å². The predicted molar refractivity (Wildman–Crippen MR) is 66.4 cm³/mol. The molecule has 0 saturated heterocycles. The number of carbonyl (C=O) groups excluding carboxylic acids is 1. The second-order valence-electron chi connectivity index (χ2n) is 1.62. The maximum atomic E-state index is 9.44. The second kappa shape index (κ2) is 98.6. The fourth-order valence-corrected chi connectivity index (χ4v) is 0. The van der Waals surface area contributed by atoms with Gasteiger partial charge in [-0.15, -0.1) is 0 Å². The molecule has 0 heterocycles. The van der Waals surface area contributed by atoms with Crippen molar-refractivity contribution >= 4 is 5.78 Å². The first kappa shape index (κ1) is 29.3. The van der Waals surface area contributed by atoms with Crippen LogP contribution in [0.15, 0.2) is 0 Å². The molecule has 1 heteroatoms. The number of hydrogen-bond donors (Lipinski definition) is 0. The Kier molecular flexibility index (Phi) is 223. The largest absolute Gasteiger partial charge is 0.300 e. The fourth-order valence-electron chi connectivity index (χ4n) is 0. The molecule has 0 rings (SSSR count). The Labute approximate surface area is 86.9 Å². The number of hydrogen-bond acceptors (Lipinski definition) is 1. The van der Waals surface area contributed by atoms with Gasteiger partial charge < -0.3 is 4.79 Å². The van der Waals surface area contributed by atoms with Crippen LogP contribution >= 0.6 is 0 Å². The molecule has 86 valence electrons. The lowest BCUT2D eigenvalue weighted by Gasteiger charge is -1.56. The average molecular weight is 192 g/mol. The van der Waals surface area contributed by atoms with Crippen LogP contribution in [0.3, 0.4) is 0 Å². The molecule has 0 atom stereocenters. The summed E-state index contributed by atoms with van der Waals surface area (Å²) in [5.41, 5.74) is 0. The van der Waals surface area contributed by atoms with Gasteiger partial charge in [-0.25, -0.2) is 0 Å². The van der Waals surface area contributed by atoms with Gasteiger partial charge in [-0.2, -0.15) is 0 Å². The van der Waals surface area contributed by atoms with Crippen LogP contribution in [0.5, 0.6) is 0 Å². The molecular formula is C12H32O. The van der Waals surface area contributed by atoms with Crippen molar-refractivity contribution in [2.75, 3.05) is 0 Å². The number of carbonyl (C=O) groups is 1. The van der Waals surface area contributed by atoms with E-state index in [9.17, 15) is 4.79 Å². The van der Waals surface area contributed by atoms with Gasteiger partial charge in [0, 0.05) is 0 Å². The van der Waals surface area contributed by atoms with Crippen LogP contribution in [-0.4, -0.2) is 5.78 Å². The van der Waals surface area contributed by atoms with E-state index < -0.39 is 0 Å². The highest BCUT2D eigenvalue weighted by Gasteiger charge is 1.62. The van der Waals surface area contributed by atoms with Crippen LogP contribution < -0.4 is 0 Å². The minimum absolute atomic E-state index is 0.167. The van der Waals surface area contributed by atoms with Crippen LogP contribution in [0.2, 0.25) is 0 Å². The van der Waals surface area contributed by atoms with Crippen molar-refractivity contribution in [1.29, 1.82) is 0 Å². The lowest BCUT2D eigenvalue weighted by atomic mass is 10.6. The minimum atomic E-state index is 0.167. The van der Waals surface area contributed by atoms with Gasteiger partial charge in [-0.1, -0.05) is 61.8 Å². The Hall–Kier alpha value is -0.330. The molecule has 13 heavy (non-hydrogen) atoms. The van der Waals surface area contributed by atoms with Crippen LogP contribution in [0.4, 0.5) is 0 Å². The van der Waals surface area contributed by atoms with E-state index in [-0.39, 0.29) is 5.78 Å². The highest BCUT2D eigenvalue weighted by Crippen LogP contribution is 1.56. The maximum absolute atomic E-state index is 9.44. The number of rotatable bonds is 0. The highest BCUT2D eigenvalue weighted by molar-refractivity contribution is 5.72. The molecule has 0 bridgehead atoms. The second-order valence-corrected chi connectivity index (χ2v) is 1.62. The van der Waals surface area contributed by atoms with E-state index in [1.165, 1.54) is 20.3 Å². The molecular weight excluding hydrogens is 160 g/mol. The molecule has 0 fully saturated rings. The van der Waals surface area contributed by atoms with Gasteiger partial charge in [-0.3, -0.25) is 0 Å². The van der Waals surface area contributed by atoms with Gasteiger partial charge in [0.05, 0.1) is 0 Å². The normalized spacial score (nSPS) is 4.77. The molecule has 0 aliphatic rings. The zero-order valence-corrected chi connectivity index (χ0v) is 11.6. The van der Waals surface area contributed by atoms with E-state index in [0.717, 1.165) is 0 Å². The smallest absolute Gasteiger partial charge is 0.126 e. The van der Waals surface area contributed by atoms with Gasteiger partial charge in [0.2, 0.25) is 0 Å². The summed E-state index contributed by atoms with van der Waals surface area (Å²) in [7, 11) is 0. The summed E-state index contributed by atoms with van der Waals surface area (Å²) in [5, 5.41) is 0. The summed E-state index contributed by atoms with van der Waals surface area (Å²) in [6, 6.07) is 0. The third-order valence-corrected chi connectivity index (χ3v) is 0. The molecule has 0 aromatic rings. The molecule has 0 aliphatic carbocycles. The van der Waals surface area contributed by atoms with Crippen molar-refractivity contribution in [3.8, 4) is 0 Å². The number of Topliss-reactive ketones (excluding diaryl/α,β-unsaturated/α-hetero) is 1. The van der Waals surface area contributed by atoms with Crippen molar-refractivity contribution in [3.63, 3.8) is 0 Å². The third kappa shape index (κ3) is 10000. The standard InChI is InChI=1S/C3H6O.C3H8.3C2H6/c1-3(2)4;1-3-2;3*1-2/h1-2H3;3H2,1-2H3;3*1-2H3. The molecule has 0 radical (unpaired) electrons. The van der Waals surface area contributed by atoms with Gasteiger partial charge in [0.1, 0.15) is 5.78 Å². The summed E-state index contributed by atoms with van der Waals surface area (Å²) >= 11 is 0. The first-order chi connectivity index (χ1) is 6.15. The zero-order valence-electron chi connectivity index (χ0n) is 11.6. The summed E-state index contributed by atoms with van der Waals surface area (Å²) in [6.07, 6.45) is 1.25. The molecule has 0 N–H and O–H groups in total. The van der Waals surface area contributed by atoms with Gasteiger partial charge in [-0.05, 0) is 13.8 Å². The topological polar surface area (TPSA) is 17.1 Å². The van der Waals surface area contributed by atoms with E-state index in [2.05, 4.69) is 13.8 Å². The lowest BCUT2D eigenvalue weighted by molar-refractivity contribution is -0.114. The molecule has 0 amide bonds.